The average molecular weight is 901 g/mol. The Balaban J connectivity index is 4.51. The summed E-state index contributed by atoms with van der Waals surface area (Å²) in [6.45, 7) is 6.33. The number of hydrogen-bond donors (Lipinski definition) is 0. The van der Waals surface area contributed by atoms with Crippen LogP contribution in [-0.2, 0) is 28.6 Å². The molecule has 0 saturated heterocycles. The van der Waals surface area contributed by atoms with Gasteiger partial charge in [-0.05, 0) is 122 Å². The fourth-order valence-corrected chi connectivity index (χ4v) is 6.83. The topological polar surface area (TPSA) is 78.9 Å². The van der Waals surface area contributed by atoms with Crippen LogP contribution in [-0.4, -0.2) is 37.2 Å². The molecule has 0 unspecified atom stereocenters. The lowest BCUT2D eigenvalue weighted by atomic mass is 10.1. The van der Waals surface area contributed by atoms with Crippen molar-refractivity contribution in [1.29, 1.82) is 0 Å². The second-order valence-corrected chi connectivity index (χ2v) is 17.0. The molecule has 0 amide bonds. The van der Waals surface area contributed by atoms with Crippen molar-refractivity contribution < 1.29 is 28.6 Å². The molecule has 0 spiro atoms. The molecule has 6 nitrogen and oxygen atoms in total. The van der Waals surface area contributed by atoms with E-state index in [9.17, 15) is 14.4 Å². The van der Waals surface area contributed by atoms with E-state index in [2.05, 4.69) is 130 Å². The van der Waals surface area contributed by atoms with Crippen LogP contribution >= 0.6 is 0 Å². The Morgan fingerprint density at radius 2 is 0.600 bits per heavy atom. The molecule has 0 heterocycles. The zero-order chi connectivity index (χ0) is 47.2. The molecular weight excluding hydrogens is 805 g/mol. The molecule has 0 aromatic rings. The molecule has 0 aromatic heterocycles. The normalized spacial score (nSPS) is 13.0. The van der Waals surface area contributed by atoms with E-state index < -0.39 is 6.10 Å². The molecule has 0 aromatic carbocycles. The van der Waals surface area contributed by atoms with Gasteiger partial charge in [0.05, 0.1) is 0 Å². The molecular formula is C59H96O6. The molecule has 0 fully saturated rings. The van der Waals surface area contributed by atoms with Crippen molar-refractivity contribution in [3.8, 4) is 0 Å². The van der Waals surface area contributed by atoms with Gasteiger partial charge in [0.1, 0.15) is 13.2 Å². The lowest BCUT2D eigenvalue weighted by Gasteiger charge is -2.18. The van der Waals surface area contributed by atoms with E-state index in [0.717, 1.165) is 116 Å². The fraction of sp³-hybridized carbons (Fsp3) is 0.644. The summed E-state index contributed by atoms with van der Waals surface area (Å²) in [5, 5.41) is 0. The zero-order valence-electron chi connectivity index (χ0n) is 42.0. The Labute approximate surface area is 400 Å². The van der Waals surface area contributed by atoms with Crippen LogP contribution in [0.2, 0.25) is 0 Å². The van der Waals surface area contributed by atoms with Gasteiger partial charge in [-0.3, -0.25) is 14.4 Å². The van der Waals surface area contributed by atoms with E-state index in [-0.39, 0.29) is 37.5 Å². The Hall–Kier alpha value is -3.93. The number of ether oxygens (including phenoxy) is 3. The Kier molecular flexibility index (Phi) is 49.5. The van der Waals surface area contributed by atoms with Crippen molar-refractivity contribution >= 4 is 17.9 Å². The van der Waals surface area contributed by atoms with Crippen molar-refractivity contribution in [2.75, 3.05) is 13.2 Å². The van der Waals surface area contributed by atoms with Crippen molar-refractivity contribution in [3.63, 3.8) is 0 Å². The van der Waals surface area contributed by atoms with E-state index in [1.54, 1.807) is 0 Å². The van der Waals surface area contributed by atoms with Gasteiger partial charge in [0.2, 0.25) is 0 Å². The maximum atomic E-state index is 12.8. The van der Waals surface area contributed by atoms with Crippen LogP contribution in [0.4, 0.5) is 0 Å². The molecule has 65 heavy (non-hydrogen) atoms. The van der Waals surface area contributed by atoms with E-state index in [1.807, 2.05) is 0 Å². The predicted octanol–water partition coefficient (Wildman–Crippen LogP) is 17.5. The quantitative estimate of drug-likeness (QED) is 0.0262. The number of unbranched alkanes of at least 4 members (excludes halogenated alkanes) is 17. The van der Waals surface area contributed by atoms with Crippen molar-refractivity contribution in [3.05, 3.63) is 109 Å². The summed E-state index contributed by atoms with van der Waals surface area (Å²) in [6.07, 6.45) is 70.7. The minimum atomic E-state index is -0.813. The number of esters is 3. The second-order valence-electron chi connectivity index (χ2n) is 17.0. The monoisotopic (exact) mass is 901 g/mol. The predicted molar refractivity (Wildman–Crippen MR) is 279 cm³/mol. The molecule has 368 valence electrons. The summed E-state index contributed by atoms with van der Waals surface area (Å²) in [7, 11) is 0. The number of hydrogen-bond acceptors (Lipinski definition) is 6. The van der Waals surface area contributed by atoms with Crippen LogP contribution in [0.25, 0.3) is 0 Å². The molecule has 0 radical (unpaired) electrons. The average Bonchev–Trinajstić information content (AvgIpc) is 3.30. The first kappa shape index (κ1) is 61.1. The molecule has 0 aliphatic carbocycles. The standard InChI is InChI=1S/C59H96O6/c1-4-7-10-13-16-19-22-25-28-29-32-34-37-40-43-46-49-52-58(61)64-55-56(65-59(62)53-50-47-44-41-38-35-31-27-24-21-18-15-12-9-6-3)54-63-57(60)51-48-45-42-39-36-33-30-26-23-20-17-14-11-8-5-2/h7,9-10,12,16,18-21,23,25,27-28,31-32,34,38,41,56H,4-6,8,11,13-15,17,22,24,26,29-30,33,35-37,39-40,42-55H2,1-3H3/b10-7-,12-9-,19-16-,21-18-,23-20-,28-25-,31-27-,34-32-,41-38-/t56-/m0/s1. The number of carbonyl (C=O) groups is 3. The van der Waals surface area contributed by atoms with Gasteiger partial charge in [0.15, 0.2) is 6.10 Å². The highest BCUT2D eigenvalue weighted by Gasteiger charge is 2.19. The maximum Gasteiger partial charge on any atom is 0.306 e. The molecule has 0 aliphatic rings. The minimum absolute atomic E-state index is 0.107. The third-order valence-corrected chi connectivity index (χ3v) is 10.7. The molecule has 0 bridgehead atoms. The highest BCUT2D eigenvalue weighted by Crippen LogP contribution is 2.13. The lowest BCUT2D eigenvalue weighted by molar-refractivity contribution is -0.167. The first-order valence-corrected chi connectivity index (χ1v) is 26.4. The van der Waals surface area contributed by atoms with Crippen LogP contribution in [0.15, 0.2) is 109 Å². The third kappa shape index (κ3) is 50.9. The van der Waals surface area contributed by atoms with Gasteiger partial charge in [-0.25, -0.2) is 0 Å². The van der Waals surface area contributed by atoms with Crippen molar-refractivity contribution in [2.45, 2.75) is 232 Å². The van der Waals surface area contributed by atoms with Gasteiger partial charge in [-0.2, -0.15) is 0 Å². The maximum absolute atomic E-state index is 12.8. The highest BCUT2D eigenvalue weighted by molar-refractivity contribution is 5.71. The number of carbonyl (C=O) groups excluding carboxylic acids is 3. The zero-order valence-corrected chi connectivity index (χ0v) is 42.0. The Morgan fingerprint density at radius 3 is 0.985 bits per heavy atom. The SMILES string of the molecule is CC/C=C\C/C=C\C/C=C\C/C=C\CCCCCCC(=O)OC[C@H](COC(=O)CCCCCCCCC/C=C\CCCCCC)OC(=O)CCCC/C=C\C/C=C\C/C=C\C/C=C\CC. The molecule has 1 atom stereocenters. The van der Waals surface area contributed by atoms with E-state index in [0.29, 0.717) is 19.3 Å². The summed E-state index contributed by atoms with van der Waals surface area (Å²) >= 11 is 0. The van der Waals surface area contributed by atoms with Gasteiger partial charge < -0.3 is 14.2 Å². The van der Waals surface area contributed by atoms with Crippen LogP contribution in [0.5, 0.6) is 0 Å². The minimum Gasteiger partial charge on any atom is -0.462 e. The number of allylic oxidation sites excluding steroid dienone is 18. The van der Waals surface area contributed by atoms with E-state index in [1.165, 1.54) is 64.2 Å². The largest absolute Gasteiger partial charge is 0.462 e. The van der Waals surface area contributed by atoms with Crippen LogP contribution in [0, 0.1) is 0 Å². The molecule has 0 saturated carbocycles. The third-order valence-electron chi connectivity index (χ3n) is 10.7. The van der Waals surface area contributed by atoms with Crippen LogP contribution < -0.4 is 0 Å². The Morgan fingerprint density at radius 1 is 0.323 bits per heavy atom. The van der Waals surface area contributed by atoms with Crippen LogP contribution in [0.3, 0.4) is 0 Å². The van der Waals surface area contributed by atoms with Crippen LogP contribution in [0.1, 0.15) is 226 Å². The van der Waals surface area contributed by atoms with E-state index >= 15 is 0 Å². The van der Waals surface area contributed by atoms with Gasteiger partial charge in [0, 0.05) is 19.3 Å². The summed E-state index contributed by atoms with van der Waals surface area (Å²) in [5.74, 6) is -0.982. The highest BCUT2D eigenvalue weighted by atomic mass is 16.6. The number of rotatable bonds is 46. The summed E-state index contributed by atoms with van der Waals surface area (Å²) in [5.41, 5.74) is 0. The molecule has 0 rings (SSSR count). The van der Waals surface area contributed by atoms with Gasteiger partial charge in [-0.1, -0.05) is 194 Å². The summed E-state index contributed by atoms with van der Waals surface area (Å²) < 4.78 is 16.8. The van der Waals surface area contributed by atoms with Gasteiger partial charge in [0.25, 0.3) is 0 Å². The second kappa shape index (κ2) is 52.7. The molecule has 0 aliphatic heterocycles. The van der Waals surface area contributed by atoms with Crippen molar-refractivity contribution in [1.82, 2.24) is 0 Å². The summed E-state index contributed by atoms with van der Waals surface area (Å²) in [6, 6.07) is 0. The smallest absolute Gasteiger partial charge is 0.306 e. The molecule has 0 N–H and O–H groups in total. The van der Waals surface area contributed by atoms with E-state index in [4.69, 9.17) is 14.2 Å². The fourth-order valence-electron chi connectivity index (χ4n) is 6.83. The molecule has 6 heteroatoms. The first-order chi connectivity index (χ1) is 32.0. The lowest BCUT2D eigenvalue weighted by Crippen LogP contribution is -2.30. The first-order valence-electron chi connectivity index (χ1n) is 26.4. The summed E-state index contributed by atoms with van der Waals surface area (Å²) in [4.78, 5) is 38.0. The Bertz CT molecular complexity index is 1360. The van der Waals surface area contributed by atoms with Crippen molar-refractivity contribution in [2.24, 2.45) is 0 Å². The van der Waals surface area contributed by atoms with Gasteiger partial charge >= 0.3 is 17.9 Å². The van der Waals surface area contributed by atoms with Gasteiger partial charge in [-0.15, -0.1) is 0 Å².